The smallest absolute Gasteiger partial charge is 0.408 e. The maximum absolute atomic E-state index is 13.6. The van der Waals surface area contributed by atoms with Crippen molar-refractivity contribution in [2.24, 2.45) is 0 Å². The number of thioether (sulfide) groups is 1. The zero-order valence-electron chi connectivity index (χ0n) is 21.5. The molecule has 0 radical (unpaired) electrons. The number of amides is 2. The summed E-state index contributed by atoms with van der Waals surface area (Å²) in [6.45, 7) is 7.28. The summed E-state index contributed by atoms with van der Waals surface area (Å²) in [4.78, 5) is 40.2. The Morgan fingerprint density at radius 2 is 1.82 bits per heavy atom. The van der Waals surface area contributed by atoms with E-state index < -0.39 is 23.8 Å². The molecule has 7 nitrogen and oxygen atoms in total. The highest BCUT2D eigenvalue weighted by Gasteiger charge is 2.34. The lowest BCUT2D eigenvalue weighted by atomic mass is 10.1. The average Bonchev–Trinajstić information content (AvgIpc) is 3.25. The van der Waals surface area contributed by atoms with E-state index in [1.165, 1.54) is 28.5 Å². The second-order valence-electron chi connectivity index (χ2n) is 10.1. The maximum Gasteiger partial charge on any atom is 0.408 e. The normalized spacial score (nSPS) is 15.5. The number of ether oxygens (including phenoxy) is 1. The largest absolute Gasteiger partial charge is 0.444 e. The molecule has 10 heteroatoms. The Morgan fingerprint density at radius 3 is 2.45 bits per heavy atom. The first kappa shape index (κ1) is 27.7. The van der Waals surface area contributed by atoms with Crippen molar-refractivity contribution in [1.82, 2.24) is 15.2 Å². The van der Waals surface area contributed by atoms with Crippen LogP contribution in [0.2, 0.25) is 5.02 Å². The molecule has 1 aliphatic heterocycles. The minimum atomic E-state index is -0.703. The van der Waals surface area contributed by atoms with Gasteiger partial charge in [-0.25, -0.2) is 9.18 Å². The highest BCUT2D eigenvalue weighted by Crippen LogP contribution is 2.39. The summed E-state index contributed by atoms with van der Waals surface area (Å²) in [6, 6.07) is 12.0. The van der Waals surface area contributed by atoms with Crippen LogP contribution in [0.4, 0.5) is 9.18 Å². The number of alkyl carbamates (subject to hydrolysis) is 1. The van der Waals surface area contributed by atoms with Crippen molar-refractivity contribution in [2.45, 2.75) is 56.8 Å². The van der Waals surface area contributed by atoms with E-state index >= 15 is 0 Å². The molecular formula is C28H29ClFN3O4S. The third kappa shape index (κ3) is 6.57. The number of benzene rings is 2. The van der Waals surface area contributed by atoms with Gasteiger partial charge in [0.1, 0.15) is 11.4 Å². The molecule has 0 aliphatic carbocycles. The lowest BCUT2D eigenvalue weighted by Gasteiger charge is -2.22. The van der Waals surface area contributed by atoms with Crippen molar-refractivity contribution < 1.29 is 18.7 Å². The monoisotopic (exact) mass is 557 g/mol. The second kappa shape index (κ2) is 11.2. The molecule has 1 aliphatic rings. The molecule has 1 aromatic heterocycles. The first-order chi connectivity index (χ1) is 17.9. The fourth-order valence-corrected chi connectivity index (χ4v) is 5.52. The number of nitrogens with zero attached hydrogens (tertiary/aromatic N) is 1. The number of hydrogen-bond donors (Lipinski definition) is 2. The van der Waals surface area contributed by atoms with Crippen molar-refractivity contribution in [3.63, 3.8) is 0 Å². The van der Waals surface area contributed by atoms with Gasteiger partial charge >= 0.3 is 6.09 Å². The first-order valence-corrected chi connectivity index (χ1v) is 13.5. The van der Waals surface area contributed by atoms with Gasteiger partial charge in [-0.3, -0.25) is 9.59 Å². The third-order valence-corrected chi connectivity index (χ3v) is 7.41. The summed E-state index contributed by atoms with van der Waals surface area (Å²) in [6.07, 6.45) is 0.908. The molecule has 38 heavy (non-hydrogen) atoms. The topological polar surface area (TPSA) is 89.4 Å². The lowest BCUT2D eigenvalue weighted by Crippen LogP contribution is -2.38. The van der Waals surface area contributed by atoms with E-state index in [1.54, 1.807) is 58.2 Å². The molecule has 0 bridgehead atoms. The molecule has 2 atom stereocenters. The average molecular weight is 558 g/mol. The minimum Gasteiger partial charge on any atom is -0.444 e. The lowest BCUT2D eigenvalue weighted by molar-refractivity contribution is 0.0508. The number of carbonyl (C=O) groups is 2. The van der Waals surface area contributed by atoms with Gasteiger partial charge in [-0.05, 0) is 63.1 Å². The van der Waals surface area contributed by atoms with Crippen LogP contribution >= 0.6 is 23.4 Å². The number of fused-ring (bicyclic) bond motifs is 1. The van der Waals surface area contributed by atoms with Gasteiger partial charge < -0.3 is 19.9 Å². The standard InChI is InChI=1S/C28H29ClFN3O4S/c1-16(18-7-11-20(30)12-8-18)31-25(34)21-14-33(13-17-5-9-19(29)10-6-17)26(35)23-22(15-38-24(21)23)32-27(36)37-28(2,3)4/h5-12,14,16,22H,13,15H2,1-4H3,(H,31,34)(H,32,36)/t16-,22+/m1/s1. The van der Waals surface area contributed by atoms with Crippen molar-refractivity contribution >= 4 is 35.4 Å². The van der Waals surface area contributed by atoms with Crippen LogP contribution in [-0.2, 0) is 11.3 Å². The van der Waals surface area contributed by atoms with E-state index in [9.17, 15) is 18.8 Å². The molecule has 0 spiro atoms. The summed E-state index contributed by atoms with van der Waals surface area (Å²) in [5, 5.41) is 6.31. The summed E-state index contributed by atoms with van der Waals surface area (Å²) in [5.41, 5.74) is 1.22. The molecule has 2 N–H and O–H groups in total. The van der Waals surface area contributed by atoms with Gasteiger partial charge in [0.15, 0.2) is 0 Å². The van der Waals surface area contributed by atoms with Crippen LogP contribution in [-0.4, -0.2) is 27.9 Å². The van der Waals surface area contributed by atoms with Crippen LogP contribution in [0, 0.1) is 5.82 Å². The van der Waals surface area contributed by atoms with Crippen molar-refractivity contribution in [3.8, 4) is 0 Å². The second-order valence-corrected chi connectivity index (χ2v) is 11.6. The Hall–Kier alpha value is -3.30. The molecule has 200 valence electrons. The zero-order chi connectivity index (χ0) is 27.6. The van der Waals surface area contributed by atoms with Gasteiger partial charge in [0, 0.05) is 21.9 Å². The Morgan fingerprint density at radius 1 is 1.16 bits per heavy atom. The van der Waals surface area contributed by atoms with Gasteiger partial charge in [0.25, 0.3) is 11.5 Å². The molecular weight excluding hydrogens is 529 g/mol. The van der Waals surface area contributed by atoms with E-state index in [1.807, 2.05) is 12.1 Å². The molecule has 0 saturated heterocycles. The van der Waals surface area contributed by atoms with Crippen molar-refractivity contribution in [1.29, 1.82) is 0 Å². The molecule has 2 heterocycles. The van der Waals surface area contributed by atoms with Gasteiger partial charge in [-0.2, -0.15) is 0 Å². The highest BCUT2D eigenvalue weighted by molar-refractivity contribution is 7.99. The number of hydrogen-bond acceptors (Lipinski definition) is 5. The maximum atomic E-state index is 13.6. The predicted octanol–water partition coefficient (Wildman–Crippen LogP) is 5.85. The van der Waals surface area contributed by atoms with Gasteiger partial charge in [-0.15, -0.1) is 11.8 Å². The molecule has 0 fully saturated rings. The third-order valence-electron chi connectivity index (χ3n) is 5.93. The molecule has 3 aromatic rings. The fraction of sp³-hybridized carbons (Fsp3) is 0.321. The van der Waals surface area contributed by atoms with Gasteiger partial charge in [0.2, 0.25) is 0 Å². The number of pyridine rings is 1. The summed E-state index contributed by atoms with van der Waals surface area (Å²) in [7, 11) is 0. The van der Waals surface area contributed by atoms with Crippen LogP contribution in [0.25, 0.3) is 0 Å². The summed E-state index contributed by atoms with van der Waals surface area (Å²) in [5.74, 6) is -0.365. The number of nitrogens with one attached hydrogen (secondary N) is 2. The van der Waals surface area contributed by atoms with Gasteiger partial charge in [-0.1, -0.05) is 35.9 Å². The van der Waals surface area contributed by atoms with Crippen LogP contribution in [0.5, 0.6) is 0 Å². The van der Waals surface area contributed by atoms with Crippen LogP contribution in [0.15, 0.2) is 64.4 Å². The number of rotatable bonds is 6. The number of carbonyl (C=O) groups excluding carboxylic acids is 2. The number of halogens is 2. The first-order valence-electron chi connectivity index (χ1n) is 12.1. The quantitative estimate of drug-likeness (QED) is 0.397. The van der Waals surface area contributed by atoms with Crippen LogP contribution < -0.4 is 16.2 Å². The molecule has 4 rings (SSSR count). The van der Waals surface area contributed by atoms with E-state index in [-0.39, 0.29) is 23.8 Å². The number of aromatic nitrogens is 1. The molecule has 2 aromatic carbocycles. The van der Waals surface area contributed by atoms with Crippen LogP contribution in [0.3, 0.4) is 0 Å². The highest BCUT2D eigenvalue weighted by atomic mass is 35.5. The van der Waals surface area contributed by atoms with Crippen molar-refractivity contribution in [2.75, 3.05) is 5.75 Å². The van der Waals surface area contributed by atoms with Gasteiger partial charge in [0.05, 0.1) is 29.8 Å². The van der Waals surface area contributed by atoms with E-state index in [0.29, 0.717) is 26.8 Å². The Labute approximate surface area is 229 Å². The molecule has 2 amide bonds. The SMILES string of the molecule is C[C@@H](NC(=O)c1cn(Cc2ccc(Cl)cc2)c(=O)c2c1SC[C@@H]2NC(=O)OC(C)(C)C)c1ccc(F)cc1. The van der Waals surface area contributed by atoms with E-state index in [4.69, 9.17) is 16.3 Å². The Kier molecular flexibility index (Phi) is 8.18. The molecule has 0 unspecified atom stereocenters. The Balaban J connectivity index is 1.70. The summed E-state index contributed by atoms with van der Waals surface area (Å²) >= 11 is 7.35. The fourth-order valence-electron chi connectivity index (χ4n) is 4.12. The zero-order valence-corrected chi connectivity index (χ0v) is 23.1. The van der Waals surface area contributed by atoms with Crippen LogP contribution in [0.1, 0.15) is 66.8 Å². The van der Waals surface area contributed by atoms with Crippen molar-refractivity contribution in [3.05, 3.63) is 98.2 Å². The minimum absolute atomic E-state index is 0.209. The van der Waals surface area contributed by atoms with E-state index in [2.05, 4.69) is 10.6 Å². The Bertz CT molecular complexity index is 1400. The molecule has 0 saturated carbocycles. The summed E-state index contributed by atoms with van der Waals surface area (Å²) < 4.78 is 20.2. The predicted molar refractivity (Wildman–Crippen MR) is 146 cm³/mol. The van der Waals surface area contributed by atoms with E-state index in [0.717, 1.165) is 11.1 Å².